The van der Waals surface area contributed by atoms with Crippen molar-refractivity contribution >= 4 is 28.6 Å². The van der Waals surface area contributed by atoms with Crippen LogP contribution in [0, 0.1) is 0 Å². The Labute approximate surface area is 114 Å². The zero-order chi connectivity index (χ0) is 13.0. The molecule has 1 unspecified atom stereocenters. The van der Waals surface area contributed by atoms with E-state index < -0.39 is 6.10 Å². The first-order valence-electron chi connectivity index (χ1n) is 5.74. The zero-order valence-electron chi connectivity index (χ0n) is 10.1. The number of rotatable bonds is 5. The van der Waals surface area contributed by atoms with Crippen molar-refractivity contribution in [2.24, 2.45) is 0 Å². The third kappa shape index (κ3) is 3.41. The molecule has 0 radical (unpaired) electrons. The highest BCUT2D eigenvalue weighted by Crippen LogP contribution is 2.22. The standard InChI is InChI=1S/C13H15NO2S2/c1-9(15)12-3-2-11(18-12)4-6-14-13(16)10-5-7-17-8-10/h2-3,5,7-9,15H,4,6H2,1H3,(H,14,16). The summed E-state index contributed by atoms with van der Waals surface area (Å²) in [6, 6.07) is 5.76. The molecular weight excluding hydrogens is 266 g/mol. The molecule has 2 aromatic rings. The van der Waals surface area contributed by atoms with E-state index in [0.29, 0.717) is 6.54 Å². The molecule has 96 valence electrons. The predicted molar refractivity (Wildman–Crippen MR) is 75.3 cm³/mol. The number of amides is 1. The largest absolute Gasteiger partial charge is 0.388 e. The average molecular weight is 281 g/mol. The first-order chi connectivity index (χ1) is 8.66. The van der Waals surface area contributed by atoms with Crippen molar-refractivity contribution in [1.29, 1.82) is 0 Å². The van der Waals surface area contributed by atoms with Gasteiger partial charge in [-0.2, -0.15) is 11.3 Å². The van der Waals surface area contributed by atoms with Crippen LogP contribution in [0.2, 0.25) is 0 Å². The molecule has 2 aromatic heterocycles. The number of aliphatic hydroxyl groups is 1. The Bertz CT molecular complexity index is 503. The van der Waals surface area contributed by atoms with Crippen molar-refractivity contribution in [3.05, 3.63) is 44.3 Å². The topological polar surface area (TPSA) is 49.3 Å². The number of carbonyl (C=O) groups excluding carboxylic acids is 1. The second kappa shape index (κ2) is 6.13. The summed E-state index contributed by atoms with van der Waals surface area (Å²) in [4.78, 5) is 13.8. The molecule has 1 amide bonds. The van der Waals surface area contributed by atoms with Gasteiger partial charge in [-0.15, -0.1) is 11.3 Å². The van der Waals surface area contributed by atoms with Gasteiger partial charge in [0.05, 0.1) is 6.10 Å². The third-order valence-corrected chi connectivity index (χ3v) is 4.53. The quantitative estimate of drug-likeness (QED) is 0.885. The van der Waals surface area contributed by atoms with Crippen molar-refractivity contribution in [2.45, 2.75) is 19.4 Å². The third-order valence-electron chi connectivity index (χ3n) is 2.53. The van der Waals surface area contributed by atoms with Crippen LogP contribution in [0.3, 0.4) is 0 Å². The Balaban J connectivity index is 1.79. The maximum atomic E-state index is 11.7. The van der Waals surface area contributed by atoms with Gasteiger partial charge in [-0.25, -0.2) is 0 Å². The van der Waals surface area contributed by atoms with Gasteiger partial charge in [-0.1, -0.05) is 0 Å². The van der Waals surface area contributed by atoms with Gasteiger partial charge >= 0.3 is 0 Å². The Morgan fingerprint density at radius 1 is 1.44 bits per heavy atom. The van der Waals surface area contributed by atoms with Gasteiger partial charge < -0.3 is 10.4 Å². The number of nitrogens with one attached hydrogen (secondary N) is 1. The number of hydrogen-bond donors (Lipinski definition) is 2. The minimum absolute atomic E-state index is 0.0245. The predicted octanol–water partition coefficient (Wildman–Crippen LogP) is 2.84. The number of thiophene rings is 2. The molecule has 0 aliphatic rings. The van der Waals surface area contributed by atoms with E-state index in [1.807, 2.05) is 29.0 Å². The lowest BCUT2D eigenvalue weighted by Gasteiger charge is -2.02. The molecule has 5 heteroatoms. The minimum atomic E-state index is -0.413. The van der Waals surface area contributed by atoms with E-state index in [4.69, 9.17) is 0 Å². The fourth-order valence-electron chi connectivity index (χ4n) is 1.55. The van der Waals surface area contributed by atoms with Crippen LogP contribution in [0.1, 0.15) is 33.1 Å². The second-order valence-electron chi connectivity index (χ2n) is 4.00. The molecule has 18 heavy (non-hydrogen) atoms. The summed E-state index contributed by atoms with van der Waals surface area (Å²) in [5.41, 5.74) is 0.718. The van der Waals surface area contributed by atoms with E-state index in [-0.39, 0.29) is 5.91 Å². The number of carbonyl (C=O) groups is 1. The van der Waals surface area contributed by atoms with E-state index in [2.05, 4.69) is 5.32 Å². The Morgan fingerprint density at radius 2 is 2.28 bits per heavy atom. The summed E-state index contributed by atoms with van der Waals surface area (Å²) in [5.74, 6) is -0.0245. The molecule has 3 nitrogen and oxygen atoms in total. The molecule has 2 N–H and O–H groups in total. The molecule has 0 saturated carbocycles. The lowest BCUT2D eigenvalue weighted by Crippen LogP contribution is -2.24. The summed E-state index contributed by atoms with van der Waals surface area (Å²) in [5, 5.41) is 16.0. The van der Waals surface area contributed by atoms with Crippen LogP contribution < -0.4 is 5.32 Å². The van der Waals surface area contributed by atoms with Gasteiger partial charge in [-0.05, 0) is 36.9 Å². The van der Waals surface area contributed by atoms with E-state index in [0.717, 1.165) is 16.9 Å². The second-order valence-corrected chi connectivity index (χ2v) is 5.98. The van der Waals surface area contributed by atoms with Gasteiger partial charge in [0, 0.05) is 27.2 Å². The molecule has 1 atom stereocenters. The molecule has 2 rings (SSSR count). The molecule has 0 bridgehead atoms. The van der Waals surface area contributed by atoms with Crippen LogP contribution >= 0.6 is 22.7 Å². The summed E-state index contributed by atoms with van der Waals surface area (Å²) in [7, 11) is 0. The minimum Gasteiger partial charge on any atom is -0.388 e. The Hall–Kier alpha value is -1.17. The lowest BCUT2D eigenvalue weighted by molar-refractivity contribution is 0.0954. The highest BCUT2D eigenvalue weighted by molar-refractivity contribution is 7.12. The first kappa shape index (κ1) is 13.3. The van der Waals surface area contributed by atoms with E-state index in [1.165, 1.54) is 16.2 Å². The molecule has 0 aliphatic carbocycles. The summed E-state index contributed by atoms with van der Waals surface area (Å²) >= 11 is 3.11. The number of aliphatic hydroxyl groups excluding tert-OH is 1. The van der Waals surface area contributed by atoms with Crippen LogP contribution in [0.4, 0.5) is 0 Å². The van der Waals surface area contributed by atoms with Gasteiger partial charge in [0.15, 0.2) is 0 Å². The first-order valence-corrected chi connectivity index (χ1v) is 7.50. The van der Waals surface area contributed by atoms with Crippen LogP contribution in [-0.4, -0.2) is 17.6 Å². The zero-order valence-corrected chi connectivity index (χ0v) is 11.7. The smallest absolute Gasteiger partial charge is 0.252 e. The van der Waals surface area contributed by atoms with Crippen LogP contribution in [0.15, 0.2) is 29.0 Å². The molecule has 0 saturated heterocycles. The summed E-state index contributed by atoms with van der Waals surface area (Å²) < 4.78 is 0. The molecule has 0 spiro atoms. The normalized spacial score (nSPS) is 12.3. The van der Waals surface area contributed by atoms with Crippen LogP contribution in [0.5, 0.6) is 0 Å². The molecule has 0 aliphatic heterocycles. The SMILES string of the molecule is CC(O)c1ccc(CCNC(=O)c2ccsc2)s1. The van der Waals surface area contributed by atoms with E-state index >= 15 is 0 Å². The van der Waals surface area contributed by atoms with Crippen molar-refractivity contribution < 1.29 is 9.90 Å². The van der Waals surface area contributed by atoms with Gasteiger partial charge in [0.1, 0.15) is 0 Å². The van der Waals surface area contributed by atoms with E-state index in [9.17, 15) is 9.90 Å². The molecule has 2 heterocycles. The van der Waals surface area contributed by atoms with Crippen LogP contribution in [-0.2, 0) is 6.42 Å². The Morgan fingerprint density at radius 3 is 2.89 bits per heavy atom. The fourth-order valence-corrected chi connectivity index (χ4v) is 3.13. The maximum absolute atomic E-state index is 11.7. The molecular formula is C13H15NO2S2. The average Bonchev–Trinajstić information content (AvgIpc) is 3.00. The maximum Gasteiger partial charge on any atom is 0.252 e. The van der Waals surface area contributed by atoms with Gasteiger partial charge in [-0.3, -0.25) is 4.79 Å². The fraction of sp³-hybridized carbons (Fsp3) is 0.308. The van der Waals surface area contributed by atoms with Crippen molar-refractivity contribution in [2.75, 3.05) is 6.54 Å². The highest BCUT2D eigenvalue weighted by atomic mass is 32.1. The summed E-state index contributed by atoms with van der Waals surface area (Å²) in [6.07, 6.45) is 0.386. The van der Waals surface area contributed by atoms with Crippen molar-refractivity contribution in [1.82, 2.24) is 5.32 Å². The van der Waals surface area contributed by atoms with Gasteiger partial charge in [0.2, 0.25) is 0 Å². The monoisotopic (exact) mass is 281 g/mol. The van der Waals surface area contributed by atoms with Crippen molar-refractivity contribution in [3.8, 4) is 0 Å². The molecule has 0 aromatic carbocycles. The highest BCUT2D eigenvalue weighted by Gasteiger charge is 2.07. The van der Waals surface area contributed by atoms with Crippen molar-refractivity contribution in [3.63, 3.8) is 0 Å². The van der Waals surface area contributed by atoms with Gasteiger partial charge in [0.25, 0.3) is 5.91 Å². The Kier molecular flexibility index (Phi) is 4.52. The number of hydrogen-bond acceptors (Lipinski definition) is 4. The summed E-state index contributed by atoms with van der Waals surface area (Å²) in [6.45, 7) is 2.38. The lowest BCUT2D eigenvalue weighted by atomic mass is 10.3. The molecule has 0 fully saturated rings. The van der Waals surface area contributed by atoms with E-state index in [1.54, 1.807) is 18.3 Å². The van der Waals surface area contributed by atoms with Crippen LogP contribution in [0.25, 0.3) is 0 Å².